The SMILES string of the molecule is C[C@@H](NC(=O)CCN1C(=O)COc2ccccc21)C(=O)O. The van der Waals surface area contributed by atoms with Crippen molar-refractivity contribution in [3.63, 3.8) is 0 Å². The van der Waals surface area contributed by atoms with Gasteiger partial charge in [0.2, 0.25) is 5.91 Å². The third-order valence-electron chi connectivity index (χ3n) is 3.12. The quantitative estimate of drug-likeness (QED) is 0.818. The molecule has 0 bridgehead atoms. The van der Waals surface area contributed by atoms with Crippen LogP contribution in [0.4, 0.5) is 5.69 Å². The average molecular weight is 292 g/mol. The normalized spacial score (nSPS) is 14.9. The molecule has 1 aliphatic rings. The lowest BCUT2D eigenvalue weighted by atomic mass is 10.2. The number of carboxylic acid groups (broad SMARTS) is 1. The van der Waals surface area contributed by atoms with Gasteiger partial charge in [-0.25, -0.2) is 0 Å². The first-order chi connectivity index (χ1) is 9.99. The van der Waals surface area contributed by atoms with Crippen LogP contribution >= 0.6 is 0 Å². The lowest BCUT2D eigenvalue weighted by Gasteiger charge is -2.29. The summed E-state index contributed by atoms with van der Waals surface area (Å²) in [5, 5.41) is 11.1. The summed E-state index contributed by atoms with van der Waals surface area (Å²) >= 11 is 0. The van der Waals surface area contributed by atoms with Gasteiger partial charge in [0, 0.05) is 13.0 Å². The monoisotopic (exact) mass is 292 g/mol. The van der Waals surface area contributed by atoms with Crippen molar-refractivity contribution in [3.8, 4) is 5.75 Å². The molecule has 1 atom stereocenters. The van der Waals surface area contributed by atoms with Crippen molar-refractivity contribution in [1.29, 1.82) is 0 Å². The Labute approximate surface area is 121 Å². The van der Waals surface area contributed by atoms with E-state index in [-0.39, 0.29) is 25.5 Å². The van der Waals surface area contributed by atoms with Crippen LogP contribution in [0, 0.1) is 0 Å². The van der Waals surface area contributed by atoms with E-state index in [0.717, 1.165) is 0 Å². The molecule has 0 fully saturated rings. The Morgan fingerprint density at radius 1 is 1.43 bits per heavy atom. The summed E-state index contributed by atoms with van der Waals surface area (Å²) < 4.78 is 5.30. The minimum atomic E-state index is -1.10. The van der Waals surface area contributed by atoms with Crippen LogP contribution in [0.3, 0.4) is 0 Å². The molecule has 2 amide bonds. The molecule has 2 rings (SSSR count). The summed E-state index contributed by atoms with van der Waals surface area (Å²) in [5.74, 6) is -1.15. The van der Waals surface area contributed by atoms with Gasteiger partial charge >= 0.3 is 5.97 Å². The lowest BCUT2D eigenvalue weighted by Crippen LogP contribution is -2.43. The maximum Gasteiger partial charge on any atom is 0.325 e. The number of carbonyl (C=O) groups excluding carboxylic acids is 2. The van der Waals surface area contributed by atoms with Crippen LogP contribution in [-0.2, 0) is 14.4 Å². The van der Waals surface area contributed by atoms with E-state index in [9.17, 15) is 14.4 Å². The second kappa shape index (κ2) is 6.25. The van der Waals surface area contributed by atoms with Crippen LogP contribution in [0.5, 0.6) is 5.75 Å². The minimum Gasteiger partial charge on any atom is -0.482 e. The molecule has 0 saturated carbocycles. The second-order valence-corrected chi connectivity index (χ2v) is 4.68. The number of rotatable bonds is 5. The van der Waals surface area contributed by atoms with Crippen molar-refractivity contribution < 1.29 is 24.2 Å². The highest BCUT2D eigenvalue weighted by molar-refractivity contribution is 5.98. The number of fused-ring (bicyclic) bond motifs is 1. The number of nitrogens with zero attached hydrogens (tertiary/aromatic N) is 1. The molecule has 7 nitrogen and oxygen atoms in total. The van der Waals surface area contributed by atoms with Gasteiger partial charge in [0.05, 0.1) is 5.69 Å². The van der Waals surface area contributed by atoms with Gasteiger partial charge in [0.15, 0.2) is 6.61 Å². The Hall–Kier alpha value is -2.57. The van der Waals surface area contributed by atoms with Crippen LogP contribution in [0.15, 0.2) is 24.3 Å². The summed E-state index contributed by atoms with van der Waals surface area (Å²) in [4.78, 5) is 35.7. The second-order valence-electron chi connectivity index (χ2n) is 4.68. The third-order valence-corrected chi connectivity index (χ3v) is 3.12. The molecule has 0 spiro atoms. The largest absolute Gasteiger partial charge is 0.482 e. The number of carbonyl (C=O) groups is 3. The van der Waals surface area contributed by atoms with Gasteiger partial charge in [-0.3, -0.25) is 14.4 Å². The molecule has 1 aliphatic heterocycles. The zero-order chi connectivity index (χ0) is 15.4. The van der Waals surface area contributed by atoms with Gasteiger partial charge in [0.25, 0.3) is 5.91 Å². The Morgan fingerprint density at radius 2 is 2.14 bits per heavy atom. The number of anilines is 1. The fourth-order valence-electron chi connectivity index (χ4n) is 1.99. The number of para-hydroxylation sites is 2. The summed E-state index contributed by atoms with van der Waals surface area (Å²) in [6, 6.07) is 6.12. The molecule has 7 heteroatoms. The van der Waals surface area contributed by atoms with Gasteiger partial charge in [-0.1, -0.05) is 12.1 Å². The Morgan fingerprint density at radius 3 is 2.86 bits per heavy atom. The van der Waals surface area contributed by atoms with Crippen molar-refractivity contribution in [2.24, 2.45) is 0 Å². The summed E-state index contributed by atoms with van der Waals surface area (Å²) in [7, 11) is 0. The molecular formula is C14H16N2O5. The summed E-state index contributed by atoms with van der Waals surface area (Å²) in [6.07, 6.45) is 0.0255. The lowest BCUT2D eigenvalue weighted by molar-refractivity contribution is -0.141. The molecule has 0 aliphatic carbocycles. The van der Waals surface area contributed by atoms with Gasteiger partial charge in [-0.05, 0) is 19.1 Å². The molecule has 0 saturated heterocycles. The highest BCUT2D eigenvalue weighted by Crippen LogP contribution is 2.31. The molecule has 2 N–H and O–H groups in total. The van der Waals surface area contributed by atoms with Gasteiger partial charge in [-0.2, -0.15) is 0 Å². The van der Waals surface area contributed by atoms with Crippen molar-refractivity contribution in [2.45, 2.75) is 19.4 Å². The van der Waals surface area contributed by atoms with E-state index in [0.29, 0.717) is 11.4 Å². The van der Waals surface area contributed by atoms with E-state index < -0.39 is 17.9 Å². The van der Waals surface area contributed by atoms with E-state index in [4.69, 9.17) is 9.84 Å². The molecule has 1 heterocycles. The van der Waals surface area contributed by atoms with Crippen LogP contribution in [-0.4, -0.2) is 42.1 Å². The molecule has 0 unspecified atom stereocenters. The van der Waals surface area contributed by atoms with E-state index in [1.165, 1.54) is 11.8 Å². The van der Waals surface area contributed by atoms with E-state index in [1.807, 2.05) is 0 Å². The minimum absolute atomic E-state index is 0.0255. The standard InChI is InChI=1S/C14H16N2O5/c1-9(14(19)20)15-12(17)6-7-16-10-4-2-3-5-11(10)21-8-13(16)18/h2-5,9H,6-8H2,1H3,(H,15,17)(H,19,20)/t9-/m1/s1. The molecule has 1 aromatic rings. The molecule has 0 aromatic heterocycles. The molecule has 21 heavy (non-hydrogen) atoms. The highest BCUT2D eigenvalue weighted by atomic mass is 16.5. The van der Waals surface area contributed by atoms with E-state index in [1.54, 1.807) is 24.3 Å². The van der Waals surface area contributed by atoms with Gasteiger partial charge < -0.3 is 20.1 Å². The first-order valence-electron chi connectivity index (χ1n) is 6.53. The number of benzene rings is 1. The number of hydrogen-bond acceptors (Lipinski definition) is 4. The predicted octanol–water partition coefficient (Wildman–Crippen LogP) is 0.391. The zero-order valence-electron chi connectivity index (χ0n) is 11.5. The topological polar surface area (TPSA) is 95.9 Å². The smallest absolute Gasteiger partial charge is 0.325 e. The maximum atomic E-state index is 11.9. The van der Waals surface area contributed by atoms with Crippen molar-refractivity contribution in [1.82, 2.24) is 5.32 Å². The predicted molar refractivity (Wildman–Crippen MR) is 74.1 cm³/mol. The Bertz CT molecular complexity index is 572. The Balaban J connectivity index is 1.98. The van der Waals surface area contributed by atoms with Crippen LogP contribution in [0.2, 0.25) is 0 Å². The zero-order valence-corrected chi connectivity index (χ0v) is 11.5. The fraction of sp³-hybridized carbons (Fsp3) is 0.357. The summed E-state index contributed by atoms with van der Waals surface area (Å²) in [5.41, 5.74) is 0.618. The van der Waals surface area contributed by atoms with Crippen molar-refractivity contribution in [3.05, 3.63) is 24.3 Å². The van der Waals surface area contributed by atoms with Crippen molar-refractivity contribution >= 4 is 23.5 Å². The third kappa shape index (κ3) is 3.50. The number of amides is 2. The Kier molecular flexibility index (Phi) is 4.42. The molecule has 112 valence electrons. The highest BCUT2D eigenvalue weighted by Gasteiger charge is 2.25. The van der Waals surface area contributed by atoms with E-state index >= 15 is 0 Å². The van der Waals surface area contributed by atoms with Crippen molar-refractivity contribution in [2.75, 3.05) is 18.1 Å². The average Bonchev–Trinajstić information content (AvgIpc) is 2.46. The molecular weight excluding hydrogens is 276 g/mol. The first-order valence-corrected chi connectivity index (χ1v) is 6.53. The number of carboxylic acids is 1. The molecule has 0 radical (unpaired) electrons. The van der Waals surface area contributed by atoms with Crippen LogP contribution in [0.25, 0.3) is 0 Å². The number of hydrogen-bond donors (Lipinski definition) is 2. The van der Waals surface area contributed by atoms with Gasteiger partial charge in [-0.15, -0.1) is 0 Å². The summed E-state index contributed by atoms with van der Waals surface area (Å²) in [6.45, 7) is 1.50. The number of ether oxygens (including phenoxy) is 1. The fourth-order valence-corrected chi connectivity index (χ4v) is 1.99. The number of nitrogens with one attached hydrogen (secondary N) is 1. The van der Waals surface area contributed by atoms with Crippen LogP contribution < -0.4 is 15.0 Å². The molecule has 1 aromatic carbocycles. The first kappa shape index (κ1) is 14.8. The number of aliphatic carboxylic acids is 1. The van der Waals surface area contributed by atoms with E-state index in [2.05, 4.69) is 5.32 Å². The van der Waals surface area contributed by atoms with Crippen LogP contribution in [0.1, 0.15) is 13.3 Å². The maximum absolute atomic E-state index is 11.9. The van der Waals surface area contributed by atoms with Gasteiger partial charge in [0.1, 0.15) is 11.8 Å².